The van der Waals surface area contributed by atoms with Crippen LogP contribution in [0, 0.1) is 0 Å². The van der Waals surface area contributed by atoms with E-state index < -0.39 is 0 Å². The fourth-order valence-electron chi connectivity index (χ4n) is 2.74. The van der Waals surface area contributed by atoms with E-state index >= 15 is 0 Å². The van der Waals surface area contributed by atoms with Crippen LogP contribution in [0.3, 0.4) is 0 Å². The summed E-state index contributed by atoms with van der Waals surface area (Å²) >= 11 is 0. The highest BCUT2D eigenvalue weighted by Crippen LogP contribution is 2.27. The zero-order chi connectivity index (χ0) is 16.5. The zero-order valence-corrected chi connectivity index (χ0v) is 13.0. The molecule has 118 valence electrons. The van der Waals surface area contributed by atoms with Gasteiger partial charge in [-0.3, -0.25) is 0 Å². The Morgan fingerprint density at radius 3 is 2.71 bits per heavy atom. The molecule has 4 aromatic rings. The maximum Gasteiger partial charge on any atom is 0.261 e. The second-order valence-electron chi connectivity index (χ2n) is 5.52. The van der Waals surface area contributed by atoms with E-state index in [0.29, 0.717) is 17.3 Å². The first-order valence-corrected chi connectivity index (χ1v) is 7.56. The summed E-state index contributed by atoms with van der Waals surface area (Å²) in [6, 6.07) is 15.1. The number of aryl methyl sites for hydroxylation is 1. The van der Waals surface area contributed by atoms with Crippen molar-refractivity contribution in [3.8, 4) is 17.2 Å². The molecule has 0 unspecified atom stereocenters. The molecular formula is C19H15N3O2. The van der Waals surface area contributed by atoms with Crippen LogP contribution in [0.25, 0.3) is 34.5 Å². The molecule has 5 nitrogen and oxygen atoms in total. The molecule has 0 fully saturated rings. The molecule has 1 N–H and O–H groups in total. The van der Waals surface area contributed by atoms with Gasteiger partial charge in [-0.15, -0.1) is 0 Å². The van der Waals surface area contributed by atoms with Gasteiger partial charge in [-0.2, -0.15) is 4.98 Å². The molecule has 2 heterocycles. The Bertz CT molecular complexity index is 1040. The largest absolute Gasteiger partial charge is 0.507 e. The van der Waals surface area contributed by atoms with Crippen LogP contribution in [0.5, 0.6) is 5.75 Å². The minimum absolute atomic E-state index is 0.116. The Labute approximate surface area is 138 Å². The van der Waals surface area contributed by atoms with E-state index in [1.807, 2.05) is 31.3 Å². The van der Waals surface area contributed by atoms with Gasteiger partial charge in [-0.25, -0.2) is 0 Å². The van der Waals surface area contributed by atoms with Crippen molar-refractivity contribution in [3.63, 3.8) is 0 Å². The van der Waals surface area contributed by atoms with Gasteiger partial charge in [0, 0.05) is 29.7 Å². The van der Waals surface area contributed by atoms with E-state index in [1.54, 1.807) is 24.3 Å². The van der Waals surface area contributed by atoms with Gasteiger partial charge in [0.25, 0.3) is 5.89 Å². The van der Waals surface area contributed by atoms with Crippen LogP contribution in [-0.4, -0.2) is 19.8 Å². The third-order valence-corrected chi connectivity index (χ3v) is 3.92. The number of benzene rings is 2. The lowest BCUT2D eigenvalue weighted by atomic mass is 10.1. The minimum atomic E-state index is 0.116. The number of rotatable bonds is 3. The van der Waals surface area contributed by atoms with Crippen molar-refractivity contribution in [1.82, 2.24) is 14.7 Å². The highest BCUT2D eigenvalue weighted by atomic mass is 16.5. The number of phenols is 1. The highest BCUT2D eigenvalue weighted by molar-refractivity contribution is 5.91. The molecule has 2 aromatic carbocycles. The lowest BCUT2D eigenvalue weighted by Crippen LogP contribution is -1.81. The maximum absolute atomic E-state index is 9.85. The number of nitrogens with zero attached hydrogens (tertiary/aromatic N) is 3. The van der Waals surface area contributed by atoms with Crippen molar-refractivity contribution in [2.24, 2.45) is 7.05 Å². The fraction of sp³-hybridized carbons (Fsp3) is 0.0526. The van der Waals surface area contributed by atoms with Gasteiger partial charge in [0.15, 0.2) is 5.82 Å². The summed E-state index contributed by atoms with van der Waals surface area (Å²) in [5, 5.41) is 15.0. The third kappa shape index (κ3) is 2.46. The molecule has 2 aromatic heterocycles. The van der Waals surface area contributed by atoms with Crippen LogP contribution in [0.15, 0.2) is 59.3 Å². The molecule has 0 aliphatic heterocycles. The van der Waals surface area contributed by atoms with E-state index in [0.717, 1.165) is 5.56 Å². The monoisotopic (exact) mass is 317 g/mol. The molecule has 0 saturated heterocycles. The molecular weight excluding hydrogens is 302 g/mol. The van der Waals surface area contributed by atoms with Crippen molar-refractivity contribution in [3.05, 3.63) is 66.1 Å². The second kappa shape index (κ2) is 5.70. The van der Waals surface area contributed by atoms with Gasteiger partial charge in [-0.05, 0) is 30.4 Å². The van der Waals surface area contributed by atoms with Crippen molar-refractivity contribution < 1.29 is 9.63 Å². The van der Waals surface area contributed by atoms with Crippen LogP contribution in [-0.2, 0) is 7.05 Å². The van der Waals surface area contributed by atoms with E-state index in [-0.39, 0.29) is 5.75 Å². The topological polar surface area (TPSA) is 64.1 Å². The molecule has 0 spiro atoms. The van der Waals surface area contributed by atoms with Gasteiger partial charge >= 0.3 is 0 Å². The van der Waals surface area contributed by atoms with Crippen molar-refractivity contribution in [2.45, 2.75) is 0 Å². The third-order valence-electron chi connectivity index (χ3n) is 3.92. The second-order valence-corrected chi connectivity index (χ2v) is 5.52. The first kappa shape index (κ1) is 14.3. The summed E-state index contributed by atoms with van der Waals surface area (Å²) in [7, 11) is 2.02. The average molecular weight is 317 g/mol. The van der Waals surface area contributed by atoms with Gasteiger partial charge < -0.3 is 14.2 Å². The first-order valence-electron chi connectivity index (χ1n) is 7.56. The standard InChI is InChI=1S/C19H15N3O2/c1-22-12-13(14-6-2-4-8-16(14)22)10-11-18-20-19(24-21-18)15-7-3-5-9-17(15)23/h2-12,23H,1H3/b11-10+. The van der Waals surface area contributed by atoms with Crippen LogP contribution in [0.1, 0.15) is 11.4 Å². The number of aromatic nitrogens is 3. The molecule has 4 rings (SSSR count). The lowest BCUT2D eigenvalue weighted by Gasteiger charge is -1.96. The minimum Gasteiger partial charge on any atom is -0.507 e. The smallest absolute Gasteiger partial charge is 0.261 e. The fourth-order valence-corrected chi connectivity index (χ4v) is 2.74. The summed E-state index contributed by atoms with van der Waals surface area (Å²) in [6.07, 6.45) is 5.82. The predicted octanol–water partition coefficient (Wildman–Crippen LogP) is 4.10. The van der Waals surface area contributed by atoms with E-state index in [4.69, 9.17) is 4.52 Å². The quantitative estimate of drug-likeness (QED) is 0.618. The molecule has 0 saturated carbocycles. The Morgan fingerprint density at radius 1 is 1.04 bits per heavy atom. The number of aromatic hydroxyl groups is 1. The van der Waals surface area contributed by atoms with Crippen molar-refractivity contribution in [1.29, 1.82) is 0 Å². The maximum atomic E-state index is 9.85. The molecule has 0 atom stereocenters. The van der Waals surface area contributed by atoms with E-state index in [2.05, 4.69) is 33.0 Å². The Morgan fingerprint density at radius 2 is 1.83 bits per heavy atom. The lowest BCUT2D eigenvalue weighted by molar-refractivity contribution is 0.423. The molecule has 5 heteroatoms. The molecule has 0 aliphatic rings. The van der Waals surface area contributed by atoms with Crippen LogP contribution in [0.2, 0.25) is 0 Å². The Hall–Kier alpha value is -3.34. The van der Waals surface area contributed by atoms with Gasteiger partial charge in [-0.1, -0.05) is 35.5 Å². The Balaban J connectivity index is 1.66. The number of hydrogen-bond acceptors (Lipinski definition) is 4. The molecule has 0 aliphatic carbocycles. The highest BCUT2D eigenvalue weighted by Gasteiger charge is 2.11. The summed E-state index contributed by atoms with van der Waals surface area (Å²) in [5.41, 5.74) is 2.77. The van der Waals surface area contributed by atoms with Crippen molar-refractivity contribution >= 4 is 23.1 Å². The number of para-hydroxylation sites is 2. The number of phenolic OH excluding ortho intramolecular Hbond substituents is 1. The molecule has 0 radical (unpaired) electrons. The van der Waals surface area contributed by atoms with E-state index in [1.165, 1.54) is 10.9 Å². The summed E-state index contributed by atoms with van der Waals surface area (Å²) in [5.74, 6) is 0.873. The zero-order valence-electron chi connectivity index (χ0n) is 13.0. The SMILES string of the molecule is Cn1cc(/C=C/c2noc(-c3ccccc3O)n2)c2ccccc21. The predicted molar refractivity (Wildman–Crippen MR) is 93.2 cm³/mol. The first-order chi connectivity index (χ1) is 11.7. The molecule has 0 bridgehead atoms. The van der Waals surface area contributed by atoms with Gasteiger partial charge in [0.05, 0.1) is 5.56 Å². The van der Waals surface area contributed by atoms with Crippen LogP contribution in [0.4, 0.5) is 0 Å². The number of fused-ring (bicyclic) bond motifs is 1. The normalized spacial score (nSPS) is 11.5. The molecule has 0 amide bonds. The van der Waals surface area contributed by atoms with Crippen LogP contribution >= 0.6 is 0 Å². The Kier molecular flexibility index (Phi) is 3.39. The summed E-state index contributed by atoms with van der Waals surface area (Å²) in [4.78, 5) is 4.31. The number of hydrogen-bond donors (Lipinski definition) is 1. The summed E-state index contributed by atoms with van der Waals surface area (Å²) in [6.45, 7) is 0. The van der Waals surface area contributed by atoms with Gasteiger partial charge in [0.1, 0.15) is 5.75 Å². The van der Waals surface area contributed by atoms with Crippen LogP contribution < -0.4 is 0 Å². The van der Waals surface area contributed by atoms with E-state index in [9.17, 15) is 5.11 Å². The summed E-state index contributed by atoms with van der Waals surface area (Å²) < 4.78 is 7.32. The molecule has 24 heavy (non-hydrogen) atoms. The van der Waals surface area contributed by atoms with Crippen molar-refractivity contribution in [2.75, 3.05) is 0 Å². The average Bonchev–Trinajstić information content (AvgIpc) is 3.19. The van der Waals surface area contributed by atoms with Gasteiger partial charge in [0.2, 0.25) is 0 Å².